The van der Waals surface area contributed by atoms with Gasteiger partial charge in [-0.15, -0.1) is 10.2 Å². The highest BCUT2D eigenvalue weighted by Gasteiger charge is 2.30. The smallest absolute Gasteiger partial charge is 0.273 e. The minimum Gasteiger partial charge on any atom is -0.494 e. The highest BCUT2D eigenvalue weighted by Crippen LogP contribution is 2.37. The topological polar surface area (TPSA) is 160 Å². The highest BCUT2D eigenvalue weighted by molar-refractivity contribution is 6.00. The second-order valence-electron chi connectivity index (χ2n) is 7.59. The van der Waals surface area contributed by atoms with Gasteiger partial charge in [-0.05, 0) is 25.0 Å². The van der Waals surface area contributed by atoms with Gasteiger partial charge in [0.15, 0.2) is 17.3 Å². The monoisotopic (exact) mass is 479 g/mol. The highest BCUT2D eigenvalue weighted by atomic mass is 16.5. The number of nitrogens with one attached hydrogen (secondary N) is 4. The summed E-state index contributed by atoms with van der Waals surface area (Å²) in [4.78, 5) is 45.2. The molecule has 180 valence electrons. The van der Waals surface area contributed by atoms with E-state index in [1.807, 2.05) is 5.32 Å². The first-order valence-electron chi connectivity index (χ1n) is 12.1. The zero-order valence-corrected chi connectivity index (χ0v) is 18.9. The average molecular weight is 480 g/mol. The summed E-state index contributed by atoms with van der Waals surface area (Å²) >= 11 is 0. The van der Waals surface area contributed by atoms with Gasteiger partial charge in [0.05, 0.1) is 36.6 Å². The van der Waals surface area contributed by atoms with Crippen molar-refractivity contribution >= 4 is 34.9 Å². The van der Waals surface area contributed by atoms with Gasteiger partial charge in [0, 0.05) is 35.7 Å². The Labute approximate surface area is 205 Å². The third-order valence-electron chi connectivity index (χ3n) is 5.20. The van der Waals surface area contributed by atoms with E-state index in [2.05, 4.69) is 36.1 Å². The number of carbonyl (C=O) groups is 3. The molecule has 1 aliphatic carbocycles. The van der Waals surface area contributed by atoms with Gasteiger partial charge in [0.2, 0.25) is 5.91 Å². The molecule has 1 aliphatic rings. The quantitative estimate of drug-likeness (QED) is 0.377. The third kappa shape index (κ3) is 5.16. The van der Waals surface area contributed by atoms with Crippen LogP contribution in [-0.4, -0.2) is 59.0 Å². The first-order valence-corrected chi connectivity index (χ1v) is 10.6. The maximum absolute atomic E-state index is 12.7. The van der Waals surface area contributed by atoms with Gasteiger partial charge >= 0.3 is 0 Å². The molecule has 0 aliphatic heterocycles. The Balaban J connectivity index is 1.71. The molecule has 0 radical (unpaired) electrons. The zero-order chi connectivity index (χ0) is 27.4. The van der Waals surface area contributed by atoms with E-state index in [1.165, 1.54) is 32.6 Å². The van der Waals surface area contributed by atoms with Crippen LogP contribution in [0.25, 0.3) is 11.3 Å². The van der Waals surface area contributed by atoms with Crippen molar-refractivity contribution in [3.63, 3.8) is 0 Å². The van der Waals surface area contributed by atoms with Crippen LogP contribution in [0.4, 0.5) is 17.2 Å². The van der Waals surface area contributed by atoms with E-state index < -0.39 is 12.9 Å². The number of hydrogen-bond acceptors (Lipinski definition) is 9. The van der Waals surface area contributed by atoms with Gasteiger partial charge in [-0.2, -0.15) is 0 Å². The van der Waals surface area contributed by atoms with Crippen molar-refractivity contribution in [2.75, 3.05) is 31.8 Å². The van der Waals surface area contributed by atoms with Crippen LogP contribution in [0.1, 0.15) is 37.9 Å². The summed E-state index contributed by atoms with van der Waals surface area (Å²) in [5, 5.41) is 17.8. The fourth-order valence-corrected chi connectivity index (χ4v) is 3.26. The number of ether oxygens (including phenoxy) is 1. The predicted octanol–water partition coefficient (Wildman–Crippen LogP) is 1.75. The minimum atomic E-state index is -2.76. The molecule has 4 rings (SSSR count). The van der Waals surface area contributed by atoms with Crippen molar-refractivity contribution in [1.82, 2.24) is 30.8 Å². The molecule has 3 aromatic rings. The van der Waals surface area contributed by atoms with Crippen molar-refractivity contribution in [1.29, 1.82) is 0 Å². The van der Waals surface area contributed by atoms with Gasteiger partial charge in [0.1, 0.15) is 5.69 Å². The normalized spacial score (nSPS) is 14.1. The standard InChI is InChI=1S/C23H24N8O4/c1-24-22(33)17-11-26-16(10-27-17)13-5-4-6-14(20(13)35-3)28-15-9-18(29-21(32)12-7-8-12)30-31-19(15)23(34)25-2/h4-6,9-12H,7-8H2,1-3H3,(H,24,33)(H,25,34)(H2,28,29,30,32)/i2D3. The predicted molar refractivity (Wildman–Crippen MR) is 127 cm³/mol. The lowest BCUT2D eigenvalue weighted by atomic mass is 10.1. The van der Waals surface area contributed by atoms with E-state index in [0.29, 0.717) is 22.7 Å². The summed E-state index contributed by atoms with van der Waals surface area (Å²) in [5.74, 6) is -1.30. The molecule has 2 aromatic heterocycles. The van der Waals surface area contributed by atoms with Crippen LogP contribution in [0.15, 0.2) is 36.7 Å². The SMILES string of the molecule is [2H]C([2H])([2H])NC(=O)c1nnc(NC(=O)C2CC2)cc1Nc1cccc(-c2cnc(C(=O)NC)cn2)c1OC. The number of benzene rings is 1. The number of hydrogen-bond donors (Lipinski definition) is 4. The van der Waals surface area contributed by atoms with Crippen molar-refractivity contribution in [2.24, 2.45) is 5.92 Å². The van der Waals surface area contributed by atoms with Crippen LogP contribution in [0.3, 0.4) is 0 Å². The molecule has 0 saturated heterocycles. The number of carbonyl (C=O) groups excluding carboxylic acids is 3. The van der Waals surface area contributed by atoms with E-state index in [-0.39, 0.29) is 40.6 Å². The van der Waals surface area contributed by atoms with Gasteiger partial charge in [-0.3, -0.25) is 19.4 Å². The van der Waals surface area contributed by atoms with Crippen LogP contribution in [0.5, 0.6) is 5.75 Å². The Morgan fingerprint density at radius 1 is 1.06 bits per heavy atom. The number of para-hydroxylation sites is 1. The molecule has 0 atom stereocenters. The Hall–Kier alpha value is -4.61. The van der Waals surface area contributed by atoms with Crippen molar-refractivity contribution in [2.45, 2.75) is 12.8 Å². The second-order valence-corrected chi connectivity index (χ2v) is 7.59. The zero-order valence-electron chi connectivity index (χ0n) is 21.9. The average Bonchev–Trinajstić information content (AvgIpc) is 3.73. The third-order valence-corrected chi connectivity index (χ3v) is 5.20. The molecule has 0 unspecified atom stereocenters. The van der Waals surface area contributed by atoms with E-state index in [0.717, 1.165) is 12.8 Å². The van der Waals surface area contributed by atoms with Crippen LogP contribution < -0.4 is 26.0 Å². The van der Waals surface area contributed by atoms with Crippen molar-refractivity contribution in [3.8, 4) is 17.0 Å². The van der Waals surface area contributed by atoms with E-state index in [9.17, 15) is 14.4 Å². The fraction of sp³-hybridized carbons (Fsp3) is 0.261. The second kappa shape index (κ2) is 10.1. The summed E-state index contributed by atoms with van der Waals surface area (Å²) in [6, 6.07) is 6.46. The van der Waals surface area contributed by atoms with Gasteiger partial charge in [-0.25, -0.2) is 4.98 Å². The summed E-state index contributed by atoms with van der Waals surface area (Å²) < 4.78 is 27.7. The van der Waals surface area contributed by atoms with Crippen LogP contribution in [0.2, 0.25) is 0 Å². The number of nitrogens with zero attached hydrogens (tertiary/aromatic N) is 4. The summed E-state index contributed by atoms with van der Waals surface area (Å²) in [6.07, 6.45) is 4.30. The summed E-state index contributed by atoms with van der Waals surface area (Å²) in [5.41, 5.74) is 1.20. The van der Waals surface area contributed by atoms with Crippen LogP contribution in [0, 0.1) is 5.92 Å². The van der Waals surface area contributed by atoms with Crippen LogP contribution in [-0.2, 0) is 4.79 Å². The Bertz CT molecular complexity index is 1380. The molecule has 2 heterocycles. The maximum Gasteiger partial charge on any atom is 0.273 e. The largest absolute Gasteiger partial charge is 0.494 e. The molecular weight excluding hydrogens is 452 g/mol. The van der Waals surface area contributed by atoms with E-state index >= 15 is 0 Å². The molecule has 1 aromatic carbocycles. The van der Waals surface area contributed by atoms with Gasteiger partial charge in [0.25, 0.3) is 11.8 Å². The lowest BCUT2D eigenvalue weighted by Crippen LogP contribution is -2.22. The molecule has 0 spiro atoms. The first kappa shape index (κ1) is 19.8. The lowest BCUT2D eigenvalue weighted by molar-refractivity contribution is -0.117. The molecule has 1 saturated carbocycles. The van der Waals surface area contributed by atoms with Crippen LogP contribution >= 0.6 is 0 Å². The minimum absolute atomic E-state index is 0.0735. The van der Waals surface area contributed by atoms with Crippen molar-refractivity contribution in [3.05, 3.63) is 48.0 Å². The molecule has 12 heteroatoms. The van der Waals surface area contributed by atoms with Gasteiger partial charge < -0.3 is 26.0 Å². The van der Waals surface area contributed by atoms with Gasteiger partial charge in [-0.1, -0.05) is 6.07 Å². The molecule has 1 fully saturated rings. The molecule has 12 nitrogen and oxygen atoms in total. The summed E-state index contributed by atoms with van der Waals surface area (Å²) in [6.45, 7) is -2.76. The number of aromatic nitrogens is 4. The van der Waals surface area contributed by atoms with Crippen molar-refractivity contribution < 1.29 is 23.2 Å². The number of amides is 3. The number of anilines is 3. The van der Waals surface area contributed by atoms with E-state index in [4.69, 9.17) is 8.85 Å². The molecular formula is C23H24N8O4. The first-order chi connectivity index (χ1) is 18.1. The molecule has 35 heavy (non-hydrogen) atoms. The lowest BCUT2D eigenvalue weighted by Gasteiger charge is -2.16. The number of methoxy groups -OCH3 is 1. The molecule has 4 N–H and O–H groups in total. The Kier molecular flexibility index (Phi) is 5.73. The summed E-state index contributed by atoms with van der Waals surface area (Å²) in [7, 11) is 2.92. The maximum atomic E-state index is 12.7. The number of rotatable bonds is 8. The Morgan fingerprint density at radius 3 is 2.54 bits per heavy atom. The molecule has 3 amide bonds. The van der Waals surface area contributed by atoms with E-state index in [1.54, 1.807) is 18.2 Å². The fourth-order valence-electron chi connectivity index (χ4n) is 3.26. The Morgan fingerprint density at radius 2 is 1.89 bits per heavy atom. The molecule has 0 bridgehead atoms.